The average molecular weight is 536 g/mol. The maximum Gasteiger partial charge on any atom is 0.242 e. The largest absolute Gasteiger partial charge is 0.352 e. The Kier molecular flexibility index (Phi) is 11.2. The molecule has 0 radical (unpaired) electrons. The second kappa shape index (κ2) is 13.7. The molecule has 0 bridgehead atoms. The molecule has 0 fully saturated rings. The summed E-state index contributed by atoms with van der Waals surface area (Å²) in [6.07, 6.45) is 3.23. The van der Waals surface area contributed by atoms with Gasteiger partial charge in [0.2, 0.25) is 21.8 Å². The number of anilines is 1. The van der Waals surface area contributed by atoms with Gasteiger partial charge in [-0.3, -0.25) is 13.9 Å². The van der Waals surface area contributed by atoms with Gasteiger partial charge in [-0.25, -0.2) is 8.42 Å². The summed E-state index contributed by atoms with van der Waals surface area (Å²) in [5.41, 5.74) is 2.54. The van der Waals surface area contributed by atoms with Crippen LogP contribution in [-0.4, -0.2) is 50.0 Å². The van der Waals surface area contributed by atoms with Gasteiger partial charge in [0.15, 0.2) is 0 Å². The van der Waals surface area contributed by atoms with E-state index in [1.165, 1.54) is 4.31 Å². The van der Waals surface area contributed by atoms with Gasteiger partial charge in [0, 0.05) is 30.6 Å². The third-order valence-electron chi connectivity index (χ3n) is 6.22. The van der Waals surface area contributed by atoms with Crippen molar-refractivity contribution in [3.8, 4) is 0 Å². The summed E-state index contributed by atoms with van der Waals surface area (Å²) in [4.78, 5) is 27.7. The van der Waals surface area contributed by atoms with Crippen LogP contribution in [0.2, 0.25) is 5.02 Å². The van der Waals surface area contributed by atoms with E-state index < -0.39 is 16.1 Å². The van der Waals surface area contributed by atoms with E-state index in [4.69, 9.17) is 11.6 Å². The standard InChI is InChI=1S/C27H38ClN3O4S/c1-6-20(3)29-27(33)21(4)30(19-23-10-14-24(28)15-11-23)26(32)9-8-18-31(36(5,34)35)25-16-12-22(7-2)13-17-25/h10-17,20-21H,6-9,18-19H2,1-5H3,(H,29,33)/t20-,21+/m1/s1. The first-order valence-corrected chi connectivity index (χ1v) is 14.6. The monoisotopic (exact) mass is 535 g/mol. The lowest BCUT2D eigenvalue weighted by Crippen LogP contribution is -2.49. The van der Waals surface area contributed by atoms with E-state index in [0.717, 1.165) is 30.2 Å². The number of carbonyl (C=O) groups excluding carboxylic acids is 2. The molecule has 9 heteroatoms. The van der Waals surface area contributed by atoms with Crippen molar-refractivity contribution in [3.05, 3.63) is 64.7 Å². The highest BCUT2D eigenvalue weighted by molar-refractivity contribution is 7.92. The van der Waals surface area contributed by atoms with E-state index in [2.05, 4.69) is 5.32 Å². The molecule has 0 saturated heterocycles. The van der Waals surface area contributed by atoms with E-state index >= 15 is 0 Å². The number of carbonyl (C=O) groups is 2. The lowest BCUT2D eigenvalue weighted by atomic mass is 10.1. The minimum Gasteiger partial charge on any atom is -0.352 e. The van der Waals surface area contributed by atoms with Crippen molar-refractivity contribution in [2.75, 3.05) is 17.1 Å². The molecule has 7 nitrogen and oxygen atoms in total. The third-order valence-corrected chi connectivity index (χ3v) is 7.67. The predicted molar refractivity (Wildman–Crippen MR) is 147 cm³/mol. The Morgan fingerprint density at radius 2 is 1.56 bits per heavy atom. The Hall–Kier alpha value is -2.58. The fourth-order valence-electron chi connectivity index (χ4n) is 3.74. The number of hydrogen-bond acceptors (Lipinski definition) is 4. The van der Waals surface area contributed by atoms with E-state index in [9.17, 15) is 18.0 Å². The zero-order valence-corrected chi connectivity index (χ0v) is 23.4. The number of aryl methyl sites for hydroxylation is 1. The number of sulfonamides is 1. The predicted octanol–water partition coefficient (Wildman–Crippen LogP) is 4.78. The van der Waals surface area contributed by atoms with Crippen molar-refractivity contribution in [2.45, 2.75) is 72.0 Å². The molecule has 0 aliphatic heterocycles. The van der Waals surface area contributed by atoms with Crippen molar-refractivity contribution in [1.82, 2.24) is 10.2 Å². The summed E-state index contributed by atoms with van der Waals surface area (Å²) in [6.45, 7) is 8.06. The van der Waals surface area contributed by atoms with Crippen LogP contribution in [0.5, 0.6) is 0 Å². The molecule has 1 N–H and O–H groups in total. The third kappa shape index (κ3) is 8.82. The van der Waals surface area contributed by atoms with Crippen LogP contribution in [0.15, 0.2) is 48.5 Å². The highest BCUT2D eigenvalue weighted by Gasteiger charge is 2.27. The van der Waals surface area contributed by atoms with Crippen LogP contribution in [0, 0.1) is 0 Å². The van der Waals surface area contributed by atoms with Crippen LogP contribution in [-0.2, 0) is 32.6 Å². The Morgan fingerprint density at radius 1 is 0.972 bits per heavy atom. The van der Waals surface area contributed by atoms with Gasteiger partial charge in [0.1, 0.15) is 6.04 Å². The number of amides is 2. The van der Waals surface area contributed by atoms with Gasteiger partial charge >= 0.3 is 0 Å². The highest BCUT2D eigenvalue weighted by Crippen LogP contribution is 2.20. The summed E-state index contributed by atoms with van der Waals surface area (Å²) in [7, 11) is -3.52. The zero-order chi connectivity index (χ0) is 26.9. The normalized spacial score (nSPS) is 13.1. The molecular formula is C27H38ClN3O4S. The summed E-state index contributed by atoms with van der Waals surface area (Å²) in [5, 5.41) is 3.53. The minimum absolute atomic E-state index is 0.00477. The molecule has 36 heavy (non-hydrogen) atoms. The number of hydrogen-bond donors (Lipinski definition) is 1. The van der Waals surface area contributed by atoms with Gasteiger partial charge in [-0.15, -0.1) is 0 Å². The zero-order valence-electron chi connectivity index (χ0n) is 21.8. The van der Waals surface area contributed by atoms with Crippen LogP contribution < -0.4 is 9.62 Å². The van der Waals surface area contributed by atoms with E-state index in [1.807, 2.05) is 45.0 Å². The Morgan fingerprint density at radius 3 is 2.08 bits per heavy atom. The number of nitrogens with zero attached hydrogens (tertiary/aromatic N) is 2. The molecule has 198 valence electrons. The molecule has 0 heterocycles. The second-order valence-corrected chi connectivity index (χ2v) is 11.4. The van der Waals surface area contributed by atoms with Crippen molar-refractivity contribution in [1.29, 1.82) is 0 Å². The maximum atomic E-state index is 13.3. The summed E-state index contributed by atoms with van der Waals surface area (Å²) >= 11 is 6.00. The fourth-order valence-corrected chi connectivity index (χ4v) is 4.83. The fraction of sp³-hybridized carbons (Fsp3) is 0.481. The van der Waals surface area contributed by atoms with Crippen molar-refractivity contribution >= 4 is 39.1 Å². The van der Waals surface area contributed by atoms with Gasteiger partial charge in [0.25, 0.3) is 0 Å². The molecule has 2 amide bonds. The van der Waals surface area contributed by atoms with E-state index in [1.54, 1.807) is 36.1 Å². The first kappa shape index (κ1) is 29.6. The first-order valence-electron chi connectivity index (χ1n) is 12.4. The average Bonchev–Trinajstić information content (AvgIpc) is 2.85. The summed E-state index contributed by atoms with van der Waals surface area (Å²) in [6, 6.07) is 13.8. The molecule has 0 aliphatic rings. The lowest BCUT2D eigenvalue weighted by molar-refractivity contribution is -0.140. The summed E-state index contributed by atoms with van der Waals surface area (Å²) in [5.74, 6) is -0.438. The van der Waals surface area contributed by atoms with Crippen LogP contribution in [0.1, 0.15) is 58.1 Å². The molecule has 2 atom stereocenters. The maximum absolute atomic E-state index is 13.3. The molecular weight excluding hydrogens is 498 g/mol. The second-order valence-electron chi connectivity index (χ2n) is 9.10. The van der Waals surface area contributed by atoms with Gasteiger partial charge in [0.05, 0.1) is 11.9 Å². The first-order chi connectivity index (χ1) is 17.0. The number of benzene rings is 2. The number of rotatable bonds is 13. The van der Waals surface area contributed by atoms with Crippen LogP contribution in [0.3, 0.4) is 0 Å². The van der Waals surface area contributed by atoms with Crippen molar-refractivity contribution in [2.24, 2.45) is 0 Å². The van der Waals surface area contributed by atoms with Crippen molar-refractivity contribution < 1.29 is 18.0 Å². The van der Waals surface area contributed by atoms with E-state index in [-0.39, 0.29) is 37.4 Å². The quantitative estimate of drug-likeness (QED) is 0.400. The molecule has 2 rings (SSSR count). The minimum atomic E-state index is -3.52. The highest BCUT2D eigenvalue weighted by atomic mass is 35.5. The molecule has 2 aromatic carbocycles. The summed E-state index contributed by atoms with van der Waals surface area (Å²) < 4.78 is 26.2. The molecule has 2 aromatic rings. The molecule has 0 aromatic heterocycles. The number of halogens is 1. The number of nitrogens with one attached hydrogen (secondary N) is 1. The van der Waals surface area contributed by atoms with E-state index in [0.29, 0.717) is 17.1 Å². The lowest BCUT2D eigenvalue weighted by Gasteiger charge is -2.30. The molecule has 0 aliphatic carbocycles. The topological polar surface area (TPSA) is 86.8 Å². The van der Waals surface area contributed by atoms with Crippen LogP contribution in [0.4, 0.5) is 5.69 Å². The molecule has 0 spiro atoms. The molecule has 0 saturated carbocycles. The van der Waals surface area contributed by atoms with Crippen LogP contribution in [0.25, 0.3) is 0 Å². The Labute approximate surface area is 220 Å². The Bertz CT molecular complexity index is 1100. The Balaban J connectivity index is 2.16. The van der Waals surface area contributed by atoms with Crippen molar-refractivity contribution in [3.63, 3.8) is 0 Å². The van der Waals surface area contributed by atoms with Crippen LogP contribution >= 0.6 is 11.6 Å². The van der Waals surface area contributed by atoms with Gasteiger partial charge in [-0.1, -0.05) is 49.7 Å². The molecule has 0 unspecified atom stereocenters. The van der Waals surface area contributed by atoms with Gasteiger partial charge < -0.3 is 10.2 Å². The van der Waals surface area contributed by atoms with Gasteiger partial charge in [-0.05, 0) is 68.5 Å². The SMILES string of the molecule is CCc1ccc(N(CCCC(=O)N(Cc2ccc(Cl)cc2)[C@@H](C)C(=O)N[C@H](C)CC)S(C)(=O)=O)cc1. The smallest absolute Gasteiger partial charge is 0.242 e. The van der Waals surface area contributed by atoms with Gasteiger partial charge in [-0.2, -0.15) is 0 Å².